The van der Waals surface area contributed by atoms with Gasteiger partial charge in [-0.3, -0.25) is 9.69 Å². The molecule has 1 aromatic rings. The van der Waals surface area contributed by atoms with Crippen LogP contribution in [0.25, 0.3) is 0 Å². The Morgan fingerprint density at radius 1 is 1.14 bits per heavy atom. The molecule has 0 spiro atoms. The highest BCUT2D eigenvalue weighted by atomic mass is 16.1. The zero-order valence-corrected chi connectivity index (χ0v) is 18.0. The second-order valence-electron chi connectivity index (χ2n) is 10.5. The van der Waals surface area contributed by atoms with Gasteiger partial charge in [0.2, 0.25) is 5.91 Å². The minimum Gasteiger partial charge on any atom is -0.366 e. The summed E-state index contributed by atoms with van der Waals surface area (Å²) in [5, 5.41) is 3.74. The van der Waals surface area contributed by atoms with E-state index in [2.05, 4.69) is 44.0 Å². The molecule has 1 unspecified atom stereocenters. The molecule has 2 bridgehead atoms. The molecule has 0 radical (unpaired) electrons. The highest BCUT2D eigenvalue weighted by Gasteiger charge is 2.63. The van der Waals surface area contributed by atoms with E-state index in [0.717, 1.165) is 25.6 Å². The zero-order valence-electron chi connectivity index (χ0n) is 18.0. The monoisotopic (exact) mass is 383 g/mol. The number of benzene rings is 1. The Labute approximate surface area is 170 Å². The molecule has 1 aliphatic carbocycles. The first kappa shape index (κ1) is 19.9. The number of fused-ring (bicyclic) bond motifs is 2. The van der Waals surface area contributed by atoms with Crippen LogP contribution < -0.4 is 11.1 Å². The van der Waals surface area contributed by atoms with Gasteiger partial charge in [0.15, 0.2) is 0 Å². The van der Waals surface area contributed by atoms with Crippen molar-refractivity contribution in [3.63, 3.8) is 0 Å². The fraction of sp³-hybridized carbons (Fsp3) is 0.708. The van der Waals surface area contributed by atoms with Crippen molar-refractivity contribution in [2.75, 3.05) is 19.6 Å². The van der Waals surface area contributed by atoms with E-state index in [4.69, 9.17) is 5.73 Å². The van der Waals surface area contributed by atoms with Crippen LogP contribution in [0.4, 0.5) is 0 Å². The van der Waals surface area contributed by atoms with Gasteiger partial charge in [0.05, 0.1) is 0 Å². The van der Waals surface area contributed by atoms with Crippen molar-refractivity contribution in [3.05, 3.63) is 35.4 Å². The molecule has 1 amide bonds. The van der Waals surface area contributed by atoms with Crippen molar-refractivity contribution in [3.8, 4) is 0 Å². The van der Waals surface area contributed by atoms with Gasteiger partial charge in [-0.15, -0.1) is 0 Å². The number of carbonyl (C=O) groups excluding carboxylic acids is 1. The van der Waals surface area contributed by atoms with Gasteiger partial charge >= 0.3 is 0 Å². The number of piperidine rings is 1. The van der Waals surface area contributed by atoms with Crippen molar-refractivity contribution < 1.29 is 4.79 Å². The van der Waals surface area contributed by atoms with Crippen LogP contribution in [0, 0.1) is 16.7 Å². The van der Waals surface area contributed by atoms with Crippen molar-refractivity contribution >= 4 is 5.91 Å². The fourth-order valence-electron chi connectivity index (χ4n) is 6.16. The normalized spacial score (nSPS) is 31.1. The zero-order chi connectivity index (χ0) is 20.1. The fourth-order valence-corrected chi connectivity index (χ4v) is 6.16. The Hall–Kier alpha value is -1.39. The van der Waals surface area contributed by atoms with Crippen LogP contribution in [-0.4, -0.2) is 42.5 Å². The maximum atomic E-state index is 11.5. The third-order valence-electron chi connectivity index (χ3n) is 8.74. The van der Waals surface area contributed by atoms with Gasteiger partial charge in [-0.2, -0.15) is 0 Å². The average molecular weight is 384 g/mol. The van der Waals surface area contributed by atoms with E-state index in [-0.39, 0.29) is 5.91 Å². The van der Waals surface area contributed by atoms with Crippen LogP contribution in [0.15, 0.2) is 24.3 Å². The standard InChI is InChI=1S/C24H37N3O/c1-23(2)21(24(23,3)4)15-26-10-11-27-19-8-9-20(27)14-18(13-19)16-6-5-7-17(12-16)22(25)28/h5-7,12,18-21,26H,8-11,13-15H2,1-4H3,(H2,25,28)/t18?,19-,20+. The highest BCUT2D eigenvalue weighted by molar-refractivity contribution is 5.92. The van der Waals surface area contributed by atoms with Gasteiger partial charge in [0, 0.05) is 30.7 Å². The average Bonchev–Trinajstić information content (AvgIpc) is 2.92. The van der Waals surface area contributed by atoms with E-state index in [9.17, 15) is 4.79 Å². The minimum atomic E-state index is -0.324. The number of rotatable bonds is 7. The summed E-state index contributed by atoms with van der Waals surface area (Å²) >= 11 is 0. The number of amides is 1. The first-order valence-corrected chi connectivity index (χ1v) is 11.1. The quantitative estimate of drug-likeness (QED) is 0.705. The Balaban J connectivity index is 1.29. The molecular weight excluding hydrogens is 346 g/mol. The minimum absolute atomic E-state index is 0.324. The van der Waals surface area contributed by atoms with Crippen LogP contribution >= 0.6 is 0 Å². The highest BCUT2D eigenvalue weighted by Crippen LogP contribution is 2.67. The van der Waals surface area contributed by atoms with Crippen LogP contribution in [-0.2, 0) is 0 Å². The molecule has 1 saturated carbocycles. The lowest BCUT2D eigenvalue weighted by Gasteiger charge is -2.39. The summed E-state index contributed by atoms with van der Waals surface area (Å²) in [7, 11) is 0. The molecule has 3 atom stereocenters. The third-order valence-corrected chi connectivity index (χ3v) is 8.74. The molecule has 3 fully saturated rings. The molecule has 28 heavy (non-hydrogen) atoms. The van der Waals surface area contributed by atoms with Gasteiger partial charge in [-0.1, -0.05) is 39.8 Å². The second kappa shape index (κ2) is 7.14. The molecule has 0 aromatic heterocycles. The first-order chi connectivity index (χ1) is 13.2. The summed E-state index contributed by atoms with van der Waals surface area (Å²) in [6.45, 7) is 13.0. The van der Waals surface area contributed by atoms with Gasteiger partial charge in [0.1, 0.15) is 0 Å². The predicted molar refractivity (Wildman–Crippen MR) is 114 cm³/mol. The van der Waals surface area contributed by atoms with Crippen molar-refractivity contribution in [2.45, 2.75) is 71.4 Å². The number of carbonyl (C=O) groups is 1. The maximum Gasteiger partial charge on any atom is 0.248 e. The van der Waals surface area contributed by atoms with Crippen LogP contribution in [0.2, 0.25) is 0 Å². The number of nitrogens with zero attached hydrogens (tertiary/aromatic N) is 1. The molecule has 1 aromatic carbocycles. The van der Waals surface area contributed by atoms with E-state index < -0.39 is 0 Å². The number of hydrogen-bond donors (Lipinski definition) is 2. The van der Waals surface area contributed by atoms with Gasteiger partial charge in [-0.05, 0) is 72.6 Å². The Kier molecular flexibility index (Phi) is 5.08. The van der Waals surface area contributed by atoms with Crippen LogP contribution in [0.5, 0.6) is 0 Å². The summed E-state index contributed by atoms with van der Waals surface area (Å²) in [6.07, 6.45) is 5.06. The van der Waals surface area contributed by atoms with Crippen molar-refractivity contribution in [1.82, 2.24) is 10.2 Å². The molecule has 4 rings (SSSR count). The van der Waals surface area contributed by atoms with Gasteiger partial charge < -0.3 is 11.1 Å². The summed E-state index contributed by atoms with van der Waals surface area (Å²) in [6, 6.07) is 9.38. The number of primary amides is 1. The van der Waals surface area contributed by atoms with Crippen molar-refractivity contribution in [2.24, 2.45) is 22.5 Å². The lowest BCUT2D eigenvalue weighted by atomic mass is 9.84. The third kappa shape index (κ3) is 3.39. The van der Waals surface area contributed by atoms with Gasteiger partial charge in [-0.25, -0.2) is 0 Å². The number of hydrogen-bond acceptors (Lipinski definition) is 3. The smallest absolute Gasteiger partial charge is 0.248 e. The van der Waals surface area contributed by atoms with E-state index >= 15 is 0 Å². The molecule has 2 heterocycles. The summed E-state index contributed by atoms with van der Waals surface area (Å²) in [5.74, 6) is 1.03. The first-order valence-electron chi connectivity index (χ1n) is 11.1. The van der Waals surface area contributed by atoms with Crippen LogP contribution in [0.3, 0.4) is 0 Å². The topological polar surface area (TPSA) is 58.4 Å². The number of nitrogens with one attached hydrogen (secondary N) is 1. The largest absolute Gasteiger partial charge is 0.366 e. The predicted octanol–water partition coefficient (Wildman–Crippen LogP) is 3.77. The molecule has 4 heteroatoms. The molecule has 4 nitrogen and oxygen atoms in total. The van der Waals surface area contributed by atoms with Crippen molar-refractivity contribution in [1.29, 1.82) is 0 Å². The summed E-state index contributed by atoms with van der Waals surface area (Å²) in [4.78, 5) is 14.3. The van der Waals surface area contributed by atoms with Crippen LogP contribution in [0.1, 0.15) is 75.2 Å². The Morgan fingerprint density at radius 3 is 2.36 bits per heavy atom. The summed E-state index contributed by atoms with van der Waals surface area (Å²) < 4.78 is 0. The lowest BCUT2D eigenvalue weighted by Crippen LogP contribution is -2.45. The van der Waals surface area contributed by atoms with E-state index in [1.165, 1.54) is 31.2 Å². The molecule has 3 aliphatic rings. The SMILES string of the molecule is CC1(C)C(CNCCN2[C@@H]3CC[C@H]2CC(c2cccc(C(N)=O)c2)C3)C1(C)C. The molecule has 3 N–H and O–H groups in total. The molecular formula is C24H37N3O. The Morgan fingerprint density at radius 2 is 1.79 bits per heavy atom. The number of nitrogens with two attached hydrogens (primary N) is 1. The van der Waals surface area contributed by atoms with E-state index in [1.807, 2.05) is 18.2 Å². The molecule has 2 aliphatic heterocycles. The molecule has 154 valence electrons. The maximum absolute atomic E-state index is 11.5. The van der Waals surface area contributed by atoms with E-state index in [0.29, 0.717) is 34.4 Å². The Bertz CT molecular complexity index is 713. The summed E-state index contributed by atoms with van der Waals surface area (Å²) in [5.41, 5.74) is 8.35. The van der Waals surface area contributed by atoms with E-state index in [1.54, 1.807) is 0 Å². The van der Waals surface area contributed by atoms with Gasteiger partial charge in [0.25, 0.3) is 0 Å². The lowest BCUT2D eigenvalue weighted by molar-refractivity contribution is 0.1000. The molecule has 2 saturated heterocycles. The second-order valence-corrected chi connectivity index (χ2v) is 10.5.